The van der Waals surface area contributed by atoms with E-state index >= 15 is 0 Å². The van der Waals surface area contributed by atoms with E-state index in [0.717, 1.165) is 5.56 Å². The summed E-state index contributed by atoms with van der Waals surface area (Å²) in [7, 11) is 0. The maximum atomic E-state index is 11.7. The Labute approximate surface area is 100 Å². The number of aliphatic hydroxyl groups is 2. The Hall–Kier alpha value is -1.59. The summed E-state index contributed by atoms with van der Waals surface area (Å²) in [5.41, 5.74) is 6.01. The van der Waals surface area contributed by atoms with Crippen LogP contribution < -0.4 is 11.1 Å². The number of hydrogen-bond acceptors (Lipinski definition) is 4. The molecule has 1 rings (SSSR count). The molecule has 0 spiro atoms. The van der Waals surface area contributed by atoms with Gasteiger partial charge >= 0.3 is 0 Å². The molecule has 0 aliphatic heterocycles. The summed E-state index contributed by atoms with van der Waals surface area (Å²) < 4.78 is 0. The highest BCUT2D eigenvalue weighted by molar-refractivity contribution is 5.79. The molecule has 1 aromatic rings. The van der Waals surface area contributed by atoms with Crippen molar-refractivity contribution in [3.8, 4) is 0 Å². The highest BCUT2D eigenvalue weighted by atomic mass is 16.3. The first-order chi connectivity index (χ1) is 7.99. The lowest BCUT2D eigenvalue weighted by molar-refractivity contribution is -0.123. The maximum absolute atomic E-state index is 11.7. The number of benzene rings is 1. The maximum Gasteiger partial charge on any atom is 0.225 e. The van der Waals surface area contributed by atoms with Gasteiger partial charge in [0, 0.05) is 5.69 Å². The molecule has 94 valence electrons. The number of nitrogens with two attached hydrogens (primary N) is 1. The fraction of sp³-hybridized carbons (Fsp3) is 0.417. The number of hydrogen-bond donors (Lipinski definition) is 4. The molecule has 5 nitrogen and oxygen atoms in total. The molecule has 0 aliphatic carbocycles. The Balaban J connectivity index is 2.61. The summed E-state index contributed by atoms with van der Waals surface area (Å²) in [5.74, 6) is -0.263. The monoisotopic (exact) mass is 238 g/mol. The molecule has 0 saturated carbocycles. The number of aliphatic hydroxyl groups excluding tert-OH is 2. The van der Waals surface area contributed by atoms with Crippen LogP contribution in [0.4, 0.5) is 5.69 Å². The van der Waals surface area contributed by atoms with E-state index in [2.05, 4.69) is 5.32 Å². The molecular formula is C12H18N2O3. The lowest BCUT2D eigenvalue weighted by atomic mass is 10.0. The molecular weight excluding hydrogens is 220 g/mol. The largest absolute Gasteiger partial charge is 0.399 e. The molecule has 1 amide bonds. The van der Waals surface area contributed by atoms with Crippen molar-refractivity contribution in [1.29, 1.82) is 0 Å². The van der Waals surface area contributed by atoms with Crippen LogP contribution in [0.1, 0.15) is 12.5 Å². The summed E-state index contributed by atoms with van der Waals surface area (Å²) in [6, 6.07) is 7.03. The summed E-state index contributed by atoms with van der Waals surface area (Å²) in [5, 5.41) is 20.7. The first kappa shape index (κ1) is 13.5. The average Bonchev–Trinajstić information content (AvgIpc) is 2.28. The Bertz CT molecular complexity index is 389. The molecule has 0 aromatic heterocycles. The van der Waals surface area contributed by atoms with E-state index in [9.17, 15) is 4.79 Å². The Morgan fingerprint density at radius 1 is 1.41 bits per heavy atom. The zero-order valence-electron chi connectivity index (χ0n) is 9.81. The zero-order chi connectivity index (χ0) is 12.9. The molecule has 1 aromatic carbocycles. The van der Waals surface area contributed by atoms with Gasteiger partial charge in [0.2, 0.25) is 5.91 Å². The third-order valence-electron chi connectivity index (χ3n) is 2.45. The quantitative estimate of drug-likeness (QED) is 0.528. The van der Waals surface area contributed by atoms with E-state index in [1.807, 2.05) is 0 Å². The van der Waals surface area contributed by atoms with Gasteiger partial charge in [-0.2, -0.15) is 0 Å². The number of anilines is 1. The zero-order valence-corrected chi connectivity index (χ0v) is 9.81. The van der Waals surface area contributed by atoms with Crippen LogP contribution in [0.2, 0.25) is 0 Å². The molecule has 0 saturated heterocycles. The van der Waals surface area contributed by atoms with E-state index in [0.29, 0.717) is 5.69 Å². The lowest BCUT2D eigenvalue weighted by Crippen LogP contribution is -2.52. The second-order valence-electron chi connectivity index (χ2n) is 4.35. The van der Waals surface area contributed by atoms with Crippen molar-refractivity contribution in [2.24, 2.45) is 0 Å². The van der Waals surface area contributed by atoms with Gasteiger partial charge < -0.3 is 21.3 Å². The van der Waals surface area contributed by atoms with Gasteiger partial charge in [-0.1, -0.05) is 12.1 Å². The summed E-state index contributed by atoms with van der Waals surface area (Å²) in [4.78, 5) is 11.7. The van der Waals surface area contributed by atoms with E-state index in [1.54, 1.807) is 31.2 Å². The molecule has 0 heterocycles. The standard InChI is InChI=1S/C12H18N2O3/c1-12(7-15,8-16)14-11(17)6-9-3-2-4-10(13)5-9/h2-5,15-16H,6-8,13H2,1H3,(H,14,17). The number of carbonyl (C=O) groups excluding carboxylic acids is 1. The molecule has 5 heteroatoms. The van der Waals surface area contributed by atoms with Crippen molar-refractivity contribution < 1.29 is 15.0 Å². The third-order valence-corrected chi connectivity index (χ3v) is 2.45. The summed E-state index contributed by atoms with van der Waals surface area (Å²) in [6.45, 7) is 0.947. The minimum atomic E-state index is -0.989. The normalized spacial score (nSPS) is 11.2. The predicted molar refractivity (Wildman–Crippen MR) is 65.3 cm³/mol. The van der Waals surface area contributed by atoms with Crippen molar-refractivity contribution in [2.75, 3.05) is 18.9 Å². The first-order valence-electron chi connectivity index (χ1n) is 5.36. The van der Waals surface area contributed by atoms with Crippen molar-refractivity contribution in [3.63, 3.8) is 0 Å². The van der Waals surface area contributed by atoms with Crippen molar-refractivity contribution >= 4 is 11.6 Å². The van der Waals surface area contributed by atoms with Gasteiger partial charge in [-0.25, -0.2) is 0 Å². The lowest BCUT2D eigenvalue weighted by Gasteiger charge is -2.26. The topological polar surface area (TPSA) is 95.6 Å². The first-order valence-corrected chi connectivity index (χ1v) is 5.36. The van der Waals surface area contributed by atoms with Crippen LogP contribution in [-0.4, -0.2) is 34.9 Å². The van der Waals surface area contributed by atoms with Gasteiger partial charge in [0.15, 0.2) is 0 Å². The molecule has 0 bridgehead atoms. The number of nitrogen functional groups attached to an aromatic ring is 1. The second kappa shape index (κ2) is 5.65. The van der Waals surface area contributed by atoms with Crippen molar-refractivity contribution in [1.82, 2.24) is 5.32 Å². The molecule has 17 heavy (non-hydrogen) atoms. The van der Waals surface area contributed by atoms with Crippen LogP contribution in [0, 0.1) is 0 Å². The fourth-order valence-electron chi connectivity index (χ4n) is 1.40. The number of carbonyl (C=O) groups is 1. The highest BCUT2D eigenvalue weighted by Gasteiger charge is 2.24. The average molecular weight is 238 g/mol. The van der Waals surface area contributed by atoms with E-state index in [-0.39, 0.29) is 25.5 Å². The molecule has 0 fully saturated rings. The van der Waals surface area contributed by atoms with Gasteiger partial charge in [0.1, 0.15) is 0 Å². The smallest absolute Gasteiger partial charge is 0.225 e. The van der Waals surface area contributed by atoms with Crippen LogP contribution in [0.3, 0.4) is 0 Å². The minimum Gasteiger partial charge on any atom is -0.399 e. The van der Waals surface area contributed by atoms with Crippen LogP contribution in [0.5, 0.6) is 0 Å². The van der Waals surface area contributed by atoms with Gasteiger partial charge in [-0.05, 0) is 24.6 Å². The van der Waals surface area contributed by atoms with Gasteiger partial charge in [-0.15, -0.1) is 0 Å². The molecule has 0 unspecified atom stereocenters. The number of nitrogens with one attached hydrogen (secondary N) is 1. The van der Waals surface area contributed by atoms with Crippen molar-refractivity contribution in [3.05, 3.63) is 29.8 Å². The Morgan fingerprint density at radius 2 is 2.06 bits per heavy atom. The Morgan fingerprint density at radius 3 is 2.59 bits per heavy atom. The summed E-state index contributed by atoms with van der Waals surface area (Å²) in [6.07, 6.45) is 0.167. The molecule has 0 aliphatic rings. The minimum absolute atomic E-state index is 0.167. The van der Waals surface area contributed by atoms with Gasteiger partial charge in [-0.3, -0.25) is 4.79 Å². The van der Waals surface area contributed by atoms with Crippen LogP contribution in [0.25, 0.3) is 0 Å². The second-order valence-corrected chi connectivity index (χ2v) is 4.35. The third kappa shape index (κ3) is 4.05. The SMILES string of the molecule is CC(CO)(CO)NC(=O)Cc1cccc(N)c1. The number of amides is 1. The van der Waals surface area contributed by atoms with Crippen LogP contribution >= 0.6 is 0 Å². The molecule has 0 atom stereocenters. The van der Waals surface area contributed by atoms with Crippen LogP contribution in [0.15, 0.2) is 24.3 Å². The fourth-order valence-corrected chi connectivity index (χ4v) is 1.40. The Kier molecular flexibility index (Phi) is 4.48. The van der Waals surface area contributed by atoms with E-state index in [4.69, 9.17) is 15.9 Å². The van der Waals surface area contributed by atoms with E-state index in [1.165, 1.54) is 0 Å². The molecule has 5 N–H and O–H groups in total. The molecule has 0 radical (unpaired) electrons. The number of rotatable bonds is 5. The van der Waals surface area contributed by atoms with E-state index < -0.39 is 5.54 Å². The van der Waals surface area contributed by atoms with Gasteiger partial charge in [0.25, 0.3) is 0 Å². The van der Waals surface area contributed by atoms with Crippen LogP contribution in [-0.2, 0) is 11.2 Å². The predicted octanol–water partition coefficient (Wildman–Crippen LogP) is -0.329. The summed E-state index contributed by atoms with van der Waals surface area (Å²) >= 11 is 0. The highest BCUT2D eigenvalue weighted by Crippen LogP contribution is 2.08. The van der Waals surface area contributed by atoms with Crippen molar-refractivity contribution in [2.45, 2.75) is 18.9 Å². The van der Waals surface area contributed by atoms with Gasteiger partial charge in [0.05, 0.1) is 25.2 Å².